The Morgan fingerprint density at radius 2 is 2.17 bits per heavy atom. The van der Waals surface area contributed by atoms with Crippen LogP contribution in [0, 0.1) is 12.7 Å². The van der Waals surface area contributed by atoms with E-state index in [1.165, 1.54) is 0 Å². The summed E-state index contributed by atoms with van der Waals surface area (Å²) in [4.78, 5) is 0. The minimum Gasteiger partial charge on any atom is -0.316 e. The summed E-state index contributed by atoms with van der Waals surface area (Å²) >= 11 is 3.32. The van der Waals surface area contributed by atoms with E-state index in [2.05, 4.69) is 21.2 Å². The third-order valence-electron chi connectivity index (χ3n) is 1.66. The van der Waals surface area contributed by atoms with Crippen LogP contribution in [-0.2, 0) is 6.54 Å². The molecule has 0 amide bonds. The second-order valence-corrected chi connectivity index (χ2v) is 3.64. The highest BCUT2D eigenvalue weighted by atomic mass is 79.9. The van der Waals surface area contributed by atoms with Crippen molar-refractivity contribution in [2.75, 3.05) is 7.05 Å². The van der Waals surface area contributed by atoms with Crippen molar-refractivity contribution in [3.8, 4) is 0 Å². The zero-order chi connectivity index (χ0) is 9.14. The Morgan fingerprint density at radius 3 is 2.75 bits per heavy atom. The molecule has 0 aromatic heterocycles. The number of rotatable bonds is 2. The van der Waals surface area contributed by atoms with Crippen molar-refractivity contribution >= 4 is 15.9 Å². The zero-order valence-corrected chi connectivity index (χ0v) is 8.70. The van der Waals surface area contributed by atoms with Gasteiger partial charge in [0.15, 0.2) is 0 Å². The molecule has 1 aromatic rings. The van der Waals surface area contributed by atoms with Gasteiger partial charge in [-0.15, -0.1) is 0 Å². The van der Waals surface area contributed by atoms with Crippen molar-refractivity contribution in [1.82, 2.24) is 5.32 Å². The summed E-state index contributed by atoms with van der Waals surface area (Å²) in [6.45, 7) is 2.32. The van der Waals surface area contributed by atoms with Crippen molar-refractivity contribution in [3.63, 3.8) is 0 Å². The molecule has 66 valence electrons. The third kappa shape index (κ3) is 2.05. The van der Waals surface area contributed by atoms with Gasteiger partial charge in [0.1, 0.15) is 5.82 Å². The van der Waals surface area contributed by atoms with E-state index in [1.54, 1.807) is 26.1 Å². The molecule has 1 nitrogen and oxygen atoms in total. The van der Waals surface area contributed by atoms with E-state index in [9.17, 15) is 4.39 Å². The van der Waals surface area contributed by atoms with Gasteiger partial charge in [0, 0.05) is 16.6 Å². The van der Waals surface area contributed by atoms with E-state index >= 15 is 0 Å². The molecule has 0 fully saturated rings. The second kappa shape index (κ2) is 4.01. The smallest absolute Gasteiger partial charge is 0.130 e. The topological polar surface area (TPSA) is 12.0 Å². The van der Waals surface area contributed by atoms with Crippen molar-refractivity contribution in [2.45, 2.75) is 13.5 Å². The summed E-state index contributed by atoms with van der Waals surface area (Å²) in [6.07, 6.45) is 0. The predicted molar refractivity (Wildman–Crippen MR) is 51.6 cm³/mol. The molecule has 0 heterocycles. The van der Waals surface area contributed by atoms with Gasteiger partial charge >= 0.3 is 0 Å². The molecule has 0 spiro atoms. The molecule has 0 saturated carbocycles. The van der Waals surface area contributed by atoms with Crippen molar-refractivity contribution in [2.24, 2.45) is 0 Å². The van der Waals surface area contributed by atoms with Gasteiger partial charge < -0.3 is 5.32 Å². The maximum atomic E-state index is 13.3. The summed E-state index contributed by atoms with van der Waals surface area (Å²) in [5, 5.41) is 2.92. The highest BCUT2D eigenvalue weighted by Crippen LogP contribution is 2.19. The average molecular weight is 232 g/mol. The lowest BCUT2D eigenvalue weighted by Crippen LogP contribution is -2.07. The third-order valence-corrected chi connectivity index (χ3v) is 2.12. The lowest BCUT2D eigenvalue weighted by Gasteiger charge is -2.05. The molecule has 0 aliphatic heterocycles. The van der Waals surface area contributed by atoms with Crippen LogP contribution < -0.4 is 5.32 Å². The summed E-state index contributed by atoms with van der Waals surface area (Å²) < 4.78 is 14.2. The molecule has 0 bridgehead atoms. The average Bonchev–Trinajstić information content (AvgIpc) is 2.00. The van der Waals surface area contributed by atoms with E-state index < -0.39 is 0 Å². The molecule has 0 unspecified atom stereocenters. The van der Waals surface area contributed by atoms with Crippen molar-refractivity contribution < 1.29 is 4.39 Å². The molecular weight excluding hydrogens is 221 g/mol. The van der Waals surface area contributed by atoms with Crippen LogP contribution in [-0.4, -0.2) is 7.05 Å². The van der Waals surface area contributed by atoms with Crippen LogP contribution in [0.3, 0.4) is 0 Å². The van der Waals surface area contributed by atoms with Crippen molar-refractivity contribution in [1.29, 1.82) is 0 Å². The minimum absolute atomic E-state index is 0.118. The molecule has 0 aliphatic rings. The molecule has 0 aliphatic carbocycles. The monoisotopic (exact) mass is 231 g/mol. The molecule has 0 atom stereocenters. The van der Waals surface area contributed by atoms with Crippen LogP contribution in [0.25, 0.3) is 0 Å². The van der Waals surface area contributed by atoms with E-state index in [0.29, 0.717) is 17.7 Å². The standard InChI is InChI=1S/C9H11BrFN/c1-6-3-8(10)4-7(5-12-2)9(6)11/h3-4,12H,5H2,1-2H3. The Hall–Kier alpha value is -0.410. The molecule has 1 N–H and O–H groups in total. The number of hydrogen-bond donors (Lipinski definition) is 1. The van der Waals surface area contributed by atoms with Crippen LogP contribution in [0.1, 0.15) is 11.1 Å². The van der Waals surface area contributed by atoms with Gasteiger partial charge in [0.25, 0.3) is 0 Å². The van der Waals surface area contributed by atoms with Gasteiger partial charge in [-0.25, -0.2) is 4.39 Å². The Labute approximate surface area is 80.1 Å². The fourth-order valence-electron chi connectivity index (χ4n) is 1.11. The fourth-order valence-corrected chi connectivity index (χ4v) is 1.73. The van der Waals surface area contributed by atoms with Gasteiger partial charge in [-0.3, -0.25) is 0 Å². The largest absolute Gasteiger partial charge is 0.316 e. The Kier molecular flexibility index (Phi) is 3.23. The second-order valence-electron chi connectivity index (χ2n) is 2.73. The highest BCUT2D eigenvalue weighted by molar-refractivity contribution is 9.10. The Bertz CT molecular complexity index is 286. The number of aryl methyl sites for hydroxylation is 1. The van der Waals surface area contributed by atoms with E-state index in [4.69, 9.17) is 0 Å². The number of halogens is 2. The summed E-state index contributed by atoms with van der Waals surface area (Å²) in [7, 11) is 1.80. The molecule has 0 radical (unpaired) electrons. The normalized spacial score (nSPS) is 10.3. The first kappa shape index (κ1) is 9.68. The van der Waals surface area contributed by atoms with Gasteiger partial charge in [0.2, 0.25) is 0 Å². The minimum atomic E-state index is -0.118. The highest BCUT2D eigenvalue weighted by Gasteiger charge is 2.05. The molecular formula is C9H11BrFN. The zero-order valence-electron chi connectivity index (χ0n) is 7.12. The molecule has 3 heteroatoms. The van der Waals surface area contributed by atoms with Gasteiger partial charge in [-0.2, -0.15) is 0 Å². The first-order valence-electron chi connectivity index (χ1n) is 3.74. The van der Waals surface area contributed by atoms with Gasteiger partial charge in [-0.1, -0.05) is 15.9 Å². The summed E-state index contributed by atoms with van der Waals surface area (Å²) in [5.74, 6) is -0.118. The van der Waals surface area contributed by atoms with Crippen LogP contribution in [0.5, 0.6) is 0 Å². The Balaban J connectivity index is 3.09. The maximum Gasteiger partial charge on any atom is 0.130 e. The quantitative estimate of drug-likeness (QED) is 0.826. The number of nitrogens with one attached hydrogen (secondary N) is 1. The Morgan fingerprint density at radius 1 is 1.50 bits per heavy atom. The summed E-state index contributed by atoms with van der Waals surface area (Å²) in [6, 6.07) is 3.56. The summed E-state index contributed by atoms with van der Waals surface area (Å²) in [5.41, 5.74) is 1.37. The maximum absolute atomic E-state index is 13.3. The fraction of sp³-hybridized carbons (Fsp3) is 0.333. The van der Waals surface area contributed by atoms with E-state index in [1.807, 2.05) is 0 Å². The molecule has 12 heavy (non-hydrogen) atoms. The lowest BCUT2D eigenvalue weighted by atomic mass is 10.1. The predicted octanol–water partition coefficient (Wildman–Crippen LogP) is 2.62. The van der Waals surface area contributed by atoms with Crippen LogP contribution in [0.2, 0.25) is 0 Å². The number of benzene rings is 1. The van der Waals surface area contributed by atoms with Crippen LogP contribution >= 0.6 is 15.9 Å². The van der Waals surface area contributed by atoms with Gasteiger partial charge in [-0.05, 0) is 31.7 Å². The lowest BCUT2D eigenvalue weighted by molar-refractivity contribution is 0.592. The number of hydrogen-bond acceptors (Lipinski definition) is 1. The van der Waals surface area contributed by atoms with Crippen molar-refractivity contribution in [3.05, 3.63) is 33.5 Å². The molecule has 1 rings (SSSR count). The van der Waals surface area contributed by atoms with E-state index in [0.717, 1.165) is 4.47 Å². The molecule has 0 saturated heterocycles. The van der Waals surface area contributed by atoms with E-state index in [-0.39, 0.29) is 5.82 Å². The first-order valence-corrected chi connectivity index (χ1v) is 4.53. The SMILES string of the molecule is CNCc1cc(Br)cc(C)c1F. The van der Waals surface area contributed by atoms with Crippen LogP contribution in [0.15, 0.2) is 16.6 Å². The molecule has 1 aromatic carbocycles. The van der Waals surface area contributed by atoms with Crippen LogP contribution in [0.4, 0.5) is 4.39 Å². The van der Waals surface area contributed by atoms with Gasteiger partial charge in [0.05, 0.1) is 0 Å². The first-order chi connectivity index (χ1) is 5.65.